The number of rotatable bonds is 7. The van der Waals surface area contributed by atoms with Crippen molar-refractivity contribution in [1.29, 1.82) is 0 Å². The molecule has 3 rings (SSSR count). The number of pyridine rings is 1. The van der Waals surface area contributed by atoms with Gasteiger partial charge < -0.3 is 24.6 Å². The minimum absolute atomic E-state index is 0.289. The molecule has 0 spiro atoms. The fourth-order valence-electron chi connectivity index (χ4n) is 2.54. The summed E-state index contributed by atoms with van der Waals surface area (Å²) >= 11 is 0. The van der Waals surface area contributed by atoms with Gasteiger partial charge in [-0.25, -0.2) is 15.0 Å². The zero-order valence-electron chi connectivity index (χ0n) is 14.4. The number of methoxy groups -OCH3 is 2. The second-order valence-corrected chi connectivity index (χ2v) is 6.59. The molecular formula is C17H19N4O4P. The van der Waals surface area contributed by atoms with Gasteiger partial charge in [-0.2, -0.15) is 0 Å². The van der Waals surface area contributed by atoms with Gasteiger partial charge in [-0.15, -0.1) is 0 Å². The van der Waals surface area contributed by atoms with Crippen LogP contribution in [0.4, 0.5) is 5.82 Å². The first-order valence-electron chi connectivity index (χ1n) is 7.84. The number of aromatic nitrogens is 3. The molecule has 0 amide bonds. The van der Waals surface area contributed by atoms with Crippen molar-refractivity contribution in [3.63, 3.8) is 0 Å². The Bertz CT molecular complexity index is 890. The minimum Gasteiger partial charge on any atom is -0.493 e. The summed E-state index contributed by atoms with van der Waals surface area (Å²) in [4.78, 5) is 30.9. The third-order valence-electron chi connectivity index (χ3n) is 3.80. The van der Waals surface area contributed by atoms with Gasteiger partial charge in [0.05, 0.1) is 25.4 Å². The van der Waals surface area contributed by atoms with Gasteiger partial charge in [-0.1, -0.05) is 0 Å². The highest BCUT2D eigenvalue weighted by Crippen LogP contribution is 2.35. The van der Waals surface area contributed by atoms with E-state index in [9.17, 15) is 0 Å². The number of nitrogens with one attached hydrogen (secondary N) is 1. The first kappa shape index (κ1) is 18.3. The van der Waals surface area contributed by atoms with E-state index in [0.29, 0.717) is 23.9 Å². The van der Waals surface area contributed by atoms with E-state index in [1.165, 1.54) is 6.33 Å². The smallest absolute Gasteiger partial charge is 0.166 e. The van der Waals surface area contributed by atoms with Crippen LogP contribution in [0.5, 0.6) is 11.5 Å². The van der Waals surface area contributed by atoms with E-state index in [1.54, 1.807) is 20.4 Å². The molecule has 26 heavy (non-hydrogen) atoms. The normalized spacial score (nSPS) is 11.0. The van der Waals surface area contributed by atoms with Crippen LogP contribution in [0.1, 0.15) is 0 Å². The summed E-state index contributed by atoms with van der Waals surface area (Å²) in [6, 6.07) is 7.38. The lowest BCUT2D eigenvalue weighted by atomic mass is 10.1. The molecule has 0 aliphatic heterocycles. The van der Waals surface area contributed by atoms with E-state index >= 15 is 0 Å². The Labute approximate surface area is 151 Å². The molecule has 1 aromatic carbocycles. The molecule has 0 fully saturated rings. The van der Waals surface area contributed by atoms with Crippen LogP contribution in [0, 0.1) is 0 Å². The monoisotopic (exact) mass is 374 g/mol. The Hall–Kier alpha value is -2.54. The van der Waals surface area contributed by atoms with Crippen LogP contribution in [0.25, 0.3) is 22.2 Å². The largest absolute Gasteiger partial charge is 0.493 e. The van der Waals surface area contributed by atoms with Crippen LogP contribution in [0.3, 0.4) is 0 Å². The standard InChI is InChI=1S/C17H19N4O4P/c1-24-14-7-12-13(8-15(14)25-2)20-10-21-17(12)11-3-4-16(19-9-11)18-5-6-26(22)23/h3-4,7-10,22-23H,5-6H2,1-2H3,(H,18,19). The Morgan fingerprint density at radius 1 is 1.04 bits per heavy atom. The van der Waals surface area contributed by atoms with Gasteiger partial charge in [-0.3, -0.25) is 0 Å². The lowest BCUT2D eigenvalue weighted by Gasteiger charge is -2.11. The summed E-state index contributed by atoms with van der Waals surface area (Å²) in [7, 11) is 1.27. The molecule has 3 N–H and O–H groups in total. The summed E-state index contributed by atoms with van der Waals surface area (Å²) in [6.45, 7) is 0.443. The number of ether oxygens (including phenoxy) is 2. The summed E-state index contributed by atoms with van der Waals surface area (Å²) < 4.78 is 10.7. The van der Waals surface area contributed by atoms with E-state index in [2.05, 4.69) is 20.3 Å². The van der Waals surface area contributed by atoms with Crippen LogP contribution in [-0.4, -0.2) is 51.7 Å². The topological polar surface area (TPSA) is 110 Å². The highest BCUT2D eigenvalue weighted by atomic mass is 31.2. The summed E-state index contributed by atoms with van der Waals surface area (Å²) in [5, 5.41) is 3.87. The molecule has 136 valence electrons. The van der Waals surface area contributed by atoms with E-state index < -0.39 is 8.38 Å². The Morgan fingerprint density at radius 2 is 1.81 bits per heavy atom. The van der Waals surface area contributed by atoms with E-state index in [0.717, 1.165) is 22.2 Å². The molecule has 0 radical (unpaired) electrons. The Balaban J connectivity index is 1.92. The van der Waals surface area contributed by atoms with Crippen molar-refractivity contribution < 1.29 is 19.3 Å². The zero-order valence-corrected chi connectivity index (χ0v) is 15.3. The molecule has 0 saturated carbocycles. The highest BCUT2D eigenvalue weighted by molar-refractivity contribution is 7.45. The molecule has 0 atom stereocenters. The molecule has 0 unspecified atom stereocenters. The van der Waals surface area contributed by atoms with E-state index in [4.69, 9.17) is 19.3 Å². The predicted octanol–water partition coefficient (Wildman–Crippen LogP) is 2.42. The van der Waals surface area contributed by atoms with Gasteiger partial charge in [0.25, 0.3) is 0 Å². The van der Waals surface area contributed by atoms with Crippen LogP contribution in [0.15, 0.2) is 36.8 Å². The summed E-state index contributed by atoms with van der Waals surface area (Å²) in [5.41, 5.74) is 2.32. The van der Waals surface area contributed by atoms with Crippen LogP contribution >= 0.6 is 8.38 Å². The Kier molecular flexibility index (Phi) is 5.78. The summed E-state index contributed by atoms with van der Waals surface area (Å²) in [6.07, 6.45) is 3.50. The molecule has 2 heterocycles. The van der Waals surface area contributed by atoms with Crippen molar-refractivity contribution in [2.75, 3.05) is 32.2 Å². The lowest BCUT2D eigenvalue weighted by Crippen LogP contribution is -2.06. The molecule has 9 heteroatoms. The molecule has 0 saturated heterocycles. The number of benzene rings is 1. The Morgan fingerprint density at radius 3 is 2.46 bits per heavy atom. The first-order chi connectivity index (χ1) is 12.6. The van der Waals surface area contributed by atoms with Gasteiger partial charge in [0, 0.05) is 35.9 Å². The predicted molar refractivity (Wildman–Crippen MR) is 101 cm³/mol. The molecule has 2 aromatic heterocycles. The molecular weight excluding hydrogens is 355 g/mol. The molecule has 8 nitrogen and oxygen atoms in total. The van der Waals surface area contributed by atoms with Crippen molar-refractivity contribution in [3.05, 3.63) is 36.8 Å². The molecule has 0 bridgehead atoms. The van der Waals surface area contributed by atoms with Crippen LogP contribution in [0.2, 0.25) is 0 Å². The van der Waals surface area contributed by atoms with Crippen molar-refractivity contribution in [3.8, 4) is 22.8 Å². The molecule has 0 aliphatic rings. The number of hydrogen-bond acceptors (Lipinski definition) is 8. The maximum atomic E-state index is 8.93. The van der Waals surface area contributed by atoms with Gasteiger partial charge in [0.15, 0.2) is 19.9 Å². The van der Waals surface area contributed by atoms with Crippen molar-refractivity contribution in [2.45, 2.75) is 0 Å². The second kappa shape index (κ2) is 8.23. The number of hydrogen-bond donors (Lipinski definition) is 3. The minimum atomic E-state index is -1.90. The highest BCUT2D eigenvalue weighted by Gasteiger charge is 2.12. The van der Waals surface area contributed by atoms with Gasteiger partial charge in [0.1, 0.15) is 12.1 Å². The quantitative estimate of drug-likeness (QED) is 0.541. The van der Waals surface area contributed by atoms with Crippen LogP contribution < -0.4 is 14.8 Å². The van der Waals surface area contributed by atoms with Crippen molar-refractivity contribution in [2.24, 2.45) is 0 Å². The number of nitrogens with zero attached hydrogens (tertiary/aromatic N) is 3. The average Bonchev–Trinajstić information content (AvgIpc) is 2.66. The second-order valence-electron chi connectivity index (χ2n) is 5.40. The van der Waals surface area contributed by atoms with Crippen LogP contribution in [-0.2, 0) is 0 Å². The first-order valence-corrected chi connectivity index (χ1v) is 9.28. The average molecular weight is 374 g/mol. The third-order valence-corrected chi connectivity index (χ3v) is 4.42. The third kappa shape index (κ3) is 3.99. The fraction of sp³-hybridized carbons (Fsp3) is 0.235. The van der Waals surface area contributed by atoms with Gasteiger partial charge >= 0.3 is 0 Å². The van der Waals surface area contributed by atoms with E-state index in [1.807, 2.05) is 24.3 Å². The SMILES string of the molecule is COc1cc2ncnc(-c3ccc(NCCP(O)O)nc3)c2cc1OC. The number of fused-ring (bicyclic) bond motifs is 1. The zero-order chi connectivity index (χ0) is 18.5. The summed E-state index contributed by atoms with van der Waals surface area (Å²) in [5.74, 6) is 1.87. The van der Waals surface area contributed by atoms with Crippen molar-refractivity contribution >= 4 is 25.1 Å². The lowest BCUT2D eigenvalue weighted by molar-refractivity contribution is 0.356. The van der Waals surface area contributed by atoms with E-state index in [-0.39, 0.29) is 6.16 Å². The van der Waals surface area contributed by atoms with Gasteiger partial charge in [-0.05, 0) is 18.2 Å². The number of anilines is 1. The maximum Gasteiger partial charge on any atom is 0.166 e. The maximum absolute atomic E-state index is 8.93. The van der Waals surface area contributed by atoms with Crippen molar-refractivity contribution in [1.82, 2.24) is 15.0 Å². The molecule has 0 aliphatic carbocycles. The van der Waals surface area contributed by atoms with Gasteiger partial charge in [0.2, 0.25) is 0 Å². The fourth-order valence-corrected chi connectivity index (χ4v) is 2.85. The molecule has 3 aromatic rings.